The molecular formula is C22H21N5O3. The third-order valence-electron chi connectivity index (χ3n) is 4.66. The van der Waals surface area contributed by atoms with Crippen LogP contribution in [0.3, 0.4) is 0 Å². The predicted octanol–water partition coefficient (Wildman–Crippen LogP) is 2.62. The van der Waals surface area contributed by atoms with Gasteiger partial charge in [-0.2, -0.15) is 0 Å². The number of nitrogens with zero attached hydrogens (tertiary/aromatic N) is 4. The molecule has 2 aromatic heterocycles. The molecule has 0 bridgehead atoms. The van der Waals surface area contributed by atoms with E-state index >= 15 is 0 Å². The number of nitrogens with one attached hydrogen (secondary N) is 1. The number of imidazole rings is 1. The fraction of sp³-hybridized carbons (Fsp3) is 0.182. The van der Waals surface area contributed by atoms with Crippen LogP contribution in [-0.4, -0.2) is 31.6 Å². The van der Waals surface area contributed by atoms with Crippen LogP contribution in [-0.2, 0) is 17.9 Å². The highest BCUT2D eigenvalue weighted by molar-refractivity contribution is 5.91. The Morgan fingerprint density at radius 3 is 2.87 bits per heavy atom. The van der Waals surface area contributed by atoms with Crippen LogP contribution in [0, 0.1) is 6.92 Å². The minimum Gasteiger partial charge on any atom is -0.492 e. The lowest BCUT2D eigenvalue weighted by atomic mass is 10.1. The number of hydrogen-bond acceptors (Lipinski definition) is 5. The van der Waals surface area contributed by atoms with Crippen molar-refractivity contribution in [3.05, 3.63) is 83.4 Å². The summed E-state index contributed by atoms with van der Waals surface area (Å²) in [5.74, 6) is 0.328. The zero-order valence-corrected chi connectivity index (χ0v) is 16.5. The normalized spacial score (nSPS) is 10.8. The highest BCUT2D eigenvalue weighted by Crippen LogP contribution is 2.17. The molecule has 0 aliphatic rings. The monoisotopic (exact) mass is 403 g/mol. The number of fused-ring (bicyclic) bond motifs is 1. The van der Waals surface area contributed by atoms with Crippen molar-refractivity contribution in [3.8, 4) is 5.75 Å². The first kappa shape index (κ1) is 19.4. The Bertz CT molecular complexity index is 1230. The molecule has 2 heterocycles. The summed E-state index contributed by atoms with van der Waals surface area (Å²) in [6.45, 7) is 2.93. The van der Waals surface area contributed by atoms with Crippen LogP contribution in [0.25, 0.3) is 10.9 Å². The second-order valence-electron chi connectivity index (χ2n) is 6.87. The molecule has 0 radical (unpaired) electrons. The molecule has 0 saturated carbocycles. The van der Waals surface area contributed by atoms with E-state index in [1.807, 2.05) is 35.9 Å². The fourth-order valence-corrected chi connectivity index (χ4v) is 3.16. The standard InChI is InChI=1S/C22H21N5O3/c1-16-4-2-7-19-21(16)24-15-27(22(19)29)13-20(28)25-17-5-3-6-18(12-17)30-11-10-26-9-8-23-14-26/h2-9,12,14-15H,10-11,13H2,1H3,(H,25,28). The molecule has 1 N–H and O–H groups in total. The maximum atomic E-state index is 12.7. The Labute approximate surface area is 172 Å². The maximum Gasteiger partial charge on any atom is 0.261 e. The summed E-state index contributed by atoms with van der Waals surface area (Å²) >= 11 is 0. The molecule has 4 aromatic rings. The lowest BCUT2D eigenvalue weighted by molar-refractivity contribution is -0.116. The van der Waals surface area contributed by atoms with Crippen molar-refractivity contribution in [2.45, 2.75) is 20.0 Å². The average Bonchev–Trinajstić information content (AvgIpc) is 3.24. The molecule has 30 heavy (non-hydrogen) atoms. The fourth-order valence-electron chi connectivity index (χ4n) is 3.16. The second-order valence-corrected chi connectivity index (χ2v) is 6.87. The topological polar surface area (TPSA) is 91.0 Å². The van der Waals surface area contributed by atoms with Crippen molar-refractivity contribution in [2.75, 3.05) is 11.9 Å². The van der Waals surface area contributed by atoms with Crippen LogP contribution in [0.1, 0.15) is 5.56 Å². The summed E-state index contributed by atoms with van der Waals surface area (Å²) in [4.78, 5) is 33.4. The summed E-state index contributed by atoms with van der Waals surface area (Å²) in [5, 5.41) is 3.30. The molecule has 0 unspecified atom stereocenters. The van der Waals surface area contributed by atoms with E-state index in [-0.39, 0.29) is 18.0 Å². The van der Waals surface area contributed by atoms with Crippen LogP contribution in [0.2, 0.25) is 0 Å². The highest BCUT2D eigenvalue weighted by Gasteiger charge is 2.10. The SMILES string of the molecule is Cc1cccc2c(=O)n(CC(=O)Nc3cccc(OCCn4ccnc4)c3)cnc12. The first-order valence-electron chi connectivity index (χ1n) is 9.53. The first-order valence-corrected chi connectivity index (χ1v) is 9.53. The molecule has 0 saturated heterocycles. The predicted molar refractivity (Wildman–Crippen MR) is 114 cm³/mol. The van der Waals surface area contributed by atoms with Crippen LogP contribution in [0.15, 0.2) is 72.3 Å². The summed E-state index contributed by atoms with van der Waals surface area (Å²) in [6, 6.07) is 12.6. The second kappa shape index (κ2) is 8.60. The largest absolute Gasteiger partial charge is 0.492 e. The maximum absolute atomic E-state index is 12.7. The van der Waals surface area contributed by atoms with Gasteiger partial charge in [0.15, 0.2) is 0 Å². The van der Waals surface area contributed by atoms with Gasteiger partial charge < -0.3 is 14.6 Å². The van der Waals surface area contributed by atoms with E-state index in [0.29, 0.717) is 35.5 Å². The molecule has 8 heteroatoms. The van der Waals surface area contributed by atoms with E-state index in [2.05, 4.69) is 15.3 Å². The number of aromatic nitrogens is 4. The number of anilines is 1. The number of aryl methyl sites for hydroxylation is 1. The van der Waals surface area contributed by atoms with Gasteiger partial charge in [0.1, 0.15) is 18.9 Å². The van der Waals surface area contributed by atoms with E-state index in [4.69, 9.17) is 4.74 Å². The molecular weight excluding hydrogens is 382 g/mol. The summed E-state index contributed by atoms with van der Waals surface area (Å²) < 4.78 is 8.96. The minimum absolute atomic E-state index is 0.124. The smallest absolute Gasteiger partial charge is 0.261 e. The van der Waals surface area contributed by atoms with Crippen LogP contribution in [0.4, 0.5) is 5.69 Å². The van der Waals surface area contributed by atoms with Gasteiger partial charge in [0.25, 0.3) is 5.56 Å². The Morgan fingerprint density at radius 1 is 1.17 bits per heavy atom. The van der Waals surface area contributed by atoms with Crippen molar-refractivity contribution in [2.24, 2.45) is 0 Å². The van der Waals surface area contributed by atoms with Gasteiger partial charge in [0, 0.05) is 24.1 Å². The number of benzene rings is 2. The van der Waals surface area contributed by atoms with Crippen LogP contribution in [0.5, 0.6) is 5.75 Å². The lowest BCUT2D eigenvalue weighted by Crippen LogP contribution is -2.28. The minimum atomic E-state index is -0.318. The van der Waals surface area contributed by atoms with Crippen molar-refractivity contribution in [1.29, 1.82) is 0 Å². The zero-order chi connectivity index (χ0) is 20.9. The van der Waals surface area contributed by atoms with Crippen LogP contribution < -0.4 is 15.6 Å². The Balaban J connectivity index is 1.40. The van der Waals surface area contributed by atoms with Gasteiger partial charge in [-0.05, 0) is 30.7 Å². The lowest BCUT2D eigenvalue weighted by Gasteiger charge is -2.11. The van der Waals surface area contributed by atoms with E-state index in [0.717, 1.165) is 5.56 Å². The molecule has 4 rings (SSSR count). The zero-order valence-electron chi connectivity index (χ0n) is 16.5. The Kier molecular flexibility index (Phi) is 5.56. The molecule has 8 nitrogen and oxygen atoms in total. The van der Waals surface area contributed by atoms with Crippen LogP contribution >= 0.6 is 0 Å². The summed E-state index contributed by atoms with van der Waals surface area (Å²) in [6.07, 6.45) is 6.72. The molecule has 2 aromatic carbocycles. The van der Waals surface area contributed by atoms with Crippen molar-refractivity contribution >= 4 is 22.5 Å². The van der Waals surface area contributed by atoms with Gasteiger partial charge in [-0.15, -0.1) is 0 Å². The van der Waals surface area contributed by atoms with Gasteiger partial charge in [0.05, 0.1) is 30.1 Å². The van der Waals surface area contributed by atoms with E-state index in [1.165, 1.54) is 10.9 Å². The average molecular weight is 403 g/mol. The van der Waals surface area contributed by atoms with Crippen molar-refractivity contribution in [3.63, 3.8) is 0 Å². The van der Waals surface area contributed by atoms with Gasteiger partial charge >= 0.3 is 0 Å². The number of para-hydroxylation sites is 1. The third kappa shape index (κ3) is 4.38. The molecule has 0 aliphatic carbocycles. The number of carbonyl (C=O) groups is 1. The quantitative estimate of drug-likeness (QED) is 0.512. The number of amides is 1. The number of hydrogen-bond donors (Lipinski definition) is 1. The molecule has 0 fully saturated rings. The van der Waals surface area contributed by atoms with Gasteiger partial charge in [-0.25, -0.2) is 9.97 Å². The summed E-state index contributed by atoms with van der Waals surface area (Å²) in [5.41, 5.74) is 1.93. The number of ether oxygens (including phenoxy) is 1. The third-order valence-corrected chi connectivity index (χ3v) is 4.66. The first-order chi connectivity index (χ1) is 14.6. The Hall–Kier alpha value is -3.94. The highest BCUT2D eigenvalue weighted by atomic mass is 16.5. The van der Waals surface area contributed by atoms with E-state index in [9.17, 15) is 9.59 Å². The molecule has 1 amide bonds. The number of carbonyl (C=O) groups excluding carboxylic acids is 1. The van der Waals surface area contributed by atoms with Gasteiger partial charge in [0.2, 0.25) is 5.91 Å². The molecule has 0 spiro atoms. The van der Waals surface area contributed by atoms with Crippen molar-refractivity contribution in [1.82, 2.24) is 19.1 Å². The Morgan fingerprint density at radius 2 is 2.03 bits per heavy atom. The van der Waals surface area contributed by atoms with E-state index in [1.54, 1.807) is 36.8 Å². The molecule has 0 atom stereocenters. The van der Waals surface area contributed by atoms with Crippen molar-refractivity contribution < 1.29 is 9.53 Å². The van der Waals surface area contributed by atoms with Gasteiger partial charge in [-0.3, -0.25) is 14.2 Å². The number of rotatable bonds is 7. The van der Waals surface area contributed by atoms with Gasteiger partial charge in [-0.1, -0.05) is 18.2 Å². The molecule has 152 valence electrons. The van der Waals surface area contributed by atoms with E-state index < -0.39 is 0 Å². The molecule has 0 aliphatic heterocycles. The summed E-state index contributed by atoms with van der Waals surface area (Å²) in [7, 11) is 0.